The SMILES string of the molecule is CC/C=C\C/C=C\C/C=C\CCCCCCCC(=O)OC[C@H](COC(=O)CCCCCCC/C=C\CCCC)OC(=O)CCCCCCCCCCCCCCCCCCC. The van der Waals surface area contributed by atoms with E-state index in [1.807, 2.05) is 0 Å². The van der Waals surface area contributed by atoms with Gasteiger partial charge in [0.1, 0.15) is 13.2 Å². The lowest BCUT2D eigenvalue weighted by atomic mass is 10.0. The number of ether oxygens (including phenoxy) is 3. The maximum Gasteiger partial charge on any atom is 0.306 e. The summed E-state index contributed by atoms with van der Waals surface area (Å²) in [7, 11) is 0. The second-order valence-electron chi connectivity index (χ2n) is 17.4. The number of hydrogen-bond acceptors (Lipinski definition) is 6. The number of carbonyl (C=O) groups excluding carboxylic acids is 3. The second-order valence-corrected chi connectivity index (χ2v) is 17.4. The molecule has 0 spiro atoms. The van der Waals surface area contributed by atoms with Gasteiger partial charge in [-0.15, -0.1) is 0 Å². The molecule has 0 saturated carbocycles. The van der Waals surface area contributed by atoms with E-state index in [9.17, 15) is 14.4 Å². The molecule has 61 heavy (non-hydrogen) atoms. The monoisotopic (exact) mass is 855 g/mol. The molecule has 6 nitrogen and oxygen atoms in total. The van der Waals surface area contributed by atoms with E-state index >= 15 is 0 Å². The predicted molar refractivity (Wildman–Crippen MR) is 261 cm³/mol. The number of rotatable bonds is 47. The van der Waals surface area contributed by atoms with Crippen molar-refractivity contribution in [3.63, 3.8) is 0 Å². The third kappa shape index (κ3) is 48.3. The Kier molecular flexibility index (Phi) is 47.9. The molecular weight excluding hydrogens is 757 g/mol. The molecule has 0 amide bonds. The molecule has 0 radical (unpaired) electrons. The topological polar surface area (TPSA) is 78.9 Å². The van der Waals surface area contributed by atoms with Crippen molar-refractivity contribution in [2.75, 3.05) is 13.2 Å². The molecule has 0 aromatic rings. The van der Waals surface area contributed by atoms with Crippen LogP contribution < -0.4 is 0 Å². The lowest BCUT2D eigenvalue weighted by Crippen LogP contribution is -2.30. The van der Waals surface area contributed by atoms with Gasteiger partial charge >= 0.3 is 17.9 Å². The number of unbranched alkanes of at least 4 members (excludes halogenated alkanes) is 28. The first-order chi connectivity index (χ1) is 30.0. The average Bonchev–Trinajstić information content (AvgIpc) is 3.26. The van der Waals surface area contributed by atoms with Crippen LogP contribution >= 0.6 is 0 Å². The van der Waals surface area contributed by atoms with E-state index in [0.29, 0.717) is 19.3 Å². The minimum absolute atomic E-state index is 0.0810. The Bertz CT molecular complexity index is 1070. The summed E-state index contributed by atoms with van der Waals surface area (Å²) >= 11 is 0. The number of carbonyl (C=O) groups is 3. The Morgan fingerprint density at radius 3 is 1.07 bits per heavy atom. The van der Waals surface area contributed by atoms with E-state index in [0.717, 1.165) is 103 Å². The van der Waals surface area contributed by atoms with Crippen molar-refractivity contribution in [3.05, 3.63) is 48.6 Å². The zero-order valence-corrected chi connectivity index (χ0v) is 40.4. The quantitative estimate of drug-likeness (QED) is 0.0263. The fourth-order valence-electron chi connectivity index (χ4n) is 7.38. The summed E-state index contributed by atoms with van der Waals surface area (Å²) in [6.45, 7) is 6.49. The molecule has 0 aromatic heterocycles. The summed E-state index contributed by atoms with van der Waals surface area (Å²) in [5.41, 5.74) is 0. The van der Waals surface area contributed by atoms with Gasteiger partial charge in [0.2, 0.25) is 0 Å². The minimum atomic E-state index is -0.780. The largest absolute Gasteiger partial charge is 0.462 e. The fraction of sp³-hybridized carbons (Fsp3) is 0.800. The van der Waals surface area contributed by atoms with Crippen LogP contribution in [0.15, 0.2) is 48.6 Å². The maximum atomic E-state index is 12.8. The highest BCUT2D eigenvalue weighted by molar-refractivity contribution is 5.71. The highest BCUT2D eigenvalue weighted by Gasteiger charge is 2.19. The zero-order valence-electron chi connectivity index (χ0n) is 40.4. The van der Waals surface area contributed by atoms with Crippen LogP contribution in [0.5, 0.6) is 0 Å². The molecule has 0 heterocycles. The molecule has 0 aliphatic rings. The highest BCUT2D eigenvalue weighted by atomic mass is 16.6. The number of esters is 3. The summed E-state index contributed by atoms with van der Waals surface area (Å²) < 4.78 is 16.8. The van der Waals surface area contributed by atoms with Crippen LogP contribution in [0.25, 0.3) is 0 Å². The summed E-state index contributed by atoms with van der Waals surface area (Å²) in [6.07, 6.45) is 59.5. The Labute approximate surface area is 378 Å². The first-order valence-corrected chi connectivity index (χ1v) is 26.1. The van der Waals surface area contributed by atoms with Crippen molar-refractivity contribution in [3.8, 4) is 0 Å². The van der Waals surface area contributed by atoms with Gasteiger partial charge in [-0.05, 0) is 70.6 Å². The molecule has 0 fully saturated rings. The first-order valence-electron chi connectivity index (χ1n) is 26.1. The molecule has 0 unspecified atom stereocenters. The molecular formula is C55H98O6. The van der Waals surface area contributed by atoms with Gasteiger partial charge in [0.05, 0.1) is 0 Å². The van der Waals surface area contributed by atoms with E-state index in [1.54, 1.807) is 0 Å². The van der Waals surface area contributed by atoms with Crippen molar-refractivity contribution >= 4 is 17.9 Å². The fourth-order valence-corrected chi connectivity index (χ4v) is 7.38. The Balaban J connectivity index is 4.36. The number of allylic oxidation sites excluding steroid dienone is 8. The van der Waals surface area contributed by atoms with Crippen LogP contribution in [0.3, 0.4) is 0 Å². The van der Waals surface area contributed by atoms with Crippen LogP contribution in [-0.2, 0) is 28.6 Å². The van der Waals surface area contributed by atoms with E-state index in [4.69, 9.17) is 14.2 Å². The molecule has 0 rings (SSSR count). The van der Waals surface area contributed by atoms with Gasteiger partial charge in [-0.3, -0.25) is 14.4 Å². The van der Waals surface area contributed by atoms with Crippen LogP contribution in [0.4, 0.5) is 0 Å². The van der Waals surface area contributed by atoms with E-state index in [1.165, 1.54) is 122 Å². The summed E-state index contributed by atoms with van der Waals surface area (Å²) in [5, 5.41) is 0. The second kappa shape index (κ2) is 50.0. The van der Waals surface area contributed by atoms with Gasteiger partial charge in [0.15, 0.2) is 6.10 Å². The van der Waals surface area contributed by atoms with Crippen LogP contribution in [-0.4, -0.2) is 37.2 Å². The predicted octanol–water partition coefficient (Wildman–Crippen LogP) is 17.1. The van der Waals surface area contributed by atoms with E-state index in [2.05, 4.69) is 69.4 Å². The highest BCUT2D eigenvalue weighted by Crippen LogP contribution is 2.16. The molecule has 0 bridgehead atoms. The van der Waals surface area contributed by atoms with E-state index in [-0.39, 0.29) is 31.1 Å². The molecule has 6 heteroatoms. The Morgan fingerprint density at radius 1 is 0.344 bits per heavy atom. The zero-order chi connectivity index (χ0) is 44.4. The molecule has 0 N–H and O–H groups in total. The minimum Gasteiger partial charge on any atom is -0.462 e. The van der Waals surface area contributed by atoms with Crippen LogP contribution in [0.1, 0.15) is 265 Å². The maximum absolute atomic E-state index is 12.8. The normalized spacial score (nSPS) is 12.4. The molecule has 0 aromatic carbocycles. The lowest BCUT2D eigenvalue weighted by Gasteiger charge is -2.18. The van der Waals surface area contributed by atoms with E-state index < -0.39 is 6.10 Å². The molecule has 0 saturated heterocycles. The van der Waals surface area contributed by atoms with Crippen molar-refractivity contribution < 1.29 is 28.6 Å². The van der Waals surface area contributed by atoms with Gasteiger partial charge in [-0.1, -0.05) is 223 Å². The van der Waals surface area contributed by atoms with Crippen molar-refractivity contribution in [1.29, 1.82) is 0 Å². The van der Waals surface area contributed by atoms with Crippen LogP contribution in [0, 0.1) is 0 Å². The molecule has 354 valence electrons. The Hall–Kier alpha value is -2.63. The van der Waals surface area contributed by atoms with Gasteiger partial charge in [-0.25, -0.2) is 0 Å². The standard InChI is InChI=1S/C55H98O6/c1-4-7-10-13-16-19-22-24-26-27-29-31-34-37-40-43-46-49-55(58)61-52(50-59-53(56)47-44-41-38-35-32-21-18-15-12-9-6-3)51-60-54(57)48-45-42-39-36-33-30-28-25-23-20-17-14-11-8-5-2/h8,11,15,17-18,20,25,28,52H,4-7,9-10,12-14,16,19,21-24,26-27,29-51H2,1-3H3/b11-8-,18-15-,20-17-,28-25-/t52-/m0/s1. The molecule has 0 aliphatic carbocycles. The lowest BCUT2D eigenvalue weighted by molar-refractivity contribution is -0.167. The average molecular weight is 855 g/mol. The van der Waals surface area contributed by atoms with Gasteiger partial charge in [0.25, 0.3) is 0 Å². The summed E-state index contributed by atoms with van der Waals surface area (Å²) in [6, 6.07) is 0. The summed E-state index contributed by atoms with van der Waals surface area (Å²) in [4.78, 5) is 37.9. The van der Waals surface area contributed by atoms with Crippen molar-refractivity contribution in [2.45, 2.75) is 271 Å². The van der Waals surface area contributed by atoms with Gasteiger partial charge < -0.3 is 14.2 Å². The van der Waals surface area contributed by atoms with Crippen molar-refractivity contribution in [2.24, 2.45) is 0 Å². The van der Waals surface area contributed by atoms with Crippen molar-refractivity contribution in [1.82, 2.24) is 0 Å². The Morgan fingerprint density at radius 2 is 0.656 bits per heavy atom. The third-order valence-electron chi connectivity index (χ3n) is 11.3. The molecule has 1 atom stereocenters. The van der Waals surface area contributed by atoms with Gasteiger partial charge in [-0.2, -0.15) is 0 Å². The molecule has 0 aliphatic heterocycles. The smallest absolute Gasteiger partial charge is 0.306 e. The third-order valence-corrected chi connectivity index (χ3v) is 11.3. The number of hydrogen-bond donors (Lipinski definition) is 0. The van der Waals surface area contributed by atoms with Gasteiger partial charge in [0, 0.05) is 19.3 Å². The first kappa shape index (κ1) is 58.4. The summed E-state index contributed by atoms with van der Waals surface area (Å²) in [5.74, 6) is -0.898. The van der Waals surface area contributed by atoms with Crippen LogP contribution in [0.2, 0.25) is 0 Å².